The number of amides is 2. The first-order chi connectivity index (χ1) is 18.8. The Kier molecular flexibility index (Phi) is 9.69. The van der Waals surface area contributed by atoms with Gasteiger partial charge < -0.3 is 15.4 Å². The van der Waals surface area contributed by atoms with Gasteiger partial charge in [0, 0.05) is 26.5 Å². The van der Waals surface area contributed by atoms with E-state index < -0.39 is 11.2 Å². The number of hydrogen-bond acceptors (Lipinski definition) is 6. The first-order valence-electron chi connectivity index (χ1n) is 11.9. The van der Waals surface area contributed by atoms with E-state index in [0.717, 1.165) is 10.5 Å². The number of halogens is 2. The molecule has 6 nitrogen and oxygen atoms in total. The van der Waals surface area contributed by atoms with Crippen LogP contribution >= 0.6 is 46.3 Å². The smallest absolute Gasteiger partial charge is 0.341 e. The Balaban J connectivity index is 1.46. The molecule has 1 heterocycles. The fourth-order valence-corrected chi connectivity index (χ4v) is 6.06. The SMILES string of the molecule is CCOC(=O)c1c(-c2ccccc2)csc1NC(=O)C(C)Sc1cccc(NC(=O)c2ccc(Cl)cc2Cl)c1. The van der Waals surface area contributed by atoms with Crippen LogP contribution in [0.1, 0.15) is 34.6 Å². The summed E-state index contributed by atoms with van der Waals surface area (Å²) in [5.74, 6) is -1.13. The minimum atomic E-state index is -0.501. The Morgan fingerprint density at radius 1 is 0.974 bits per heavy atom. The second-order valence-corrected chi connectivity index (χ2v) is 11.4. The lowest BCUT2D eigenvalue weighted by Crippen LogP contribution is -2.23. The van der Waals surface area contributed by atoms with Crippen LogP contribution in [0.3, 0.4) is 0 Å². The van der Waals surface area contributed by atoms with Crippen molar-refractivity contribution in [1.29, 1.82) is 0 Å². The third kappa shape index (κ3) is 7.22. The van der Waals surface area contributed by atoms with Gasteiger partial charge in [0.2, 0.25) is 5.91 Å². The predicted molar refractivity (Wildman–Crippen MR) is 161 cm³/mol. The van der Waals surface area contributed by atoms with Crippen molar-refractivity contribution in [2.24, 2.45) is 0 Å². The quantitative estimate of drug-likeness (QED) is 0.149. The number of carbonyl (C=O) groups excluding carboxylic acids is 3. The first kappa shape index (κ1) is 28.7. The van der Waals surface area contributed by atoms with E-state index in [9.17, 15) is 14.4 Å². The van der Waals surface area contributed by atoms with E-state index in [1.54, 1.807) is 44.2 Å². The number of ether oxygens (including phenoxy) is 1. The van der Waals surface area contributed by atoms with E-state index >= 15 is 0 Å². The van der Waals surface area contributed by atoms with E-state index in [1.807, 2.05) is 41.8 Å². The lowest BCUT2D eigenvalue weighted by atomic mass is 10.0. The van der Waals surface area contributed by atoms with Gasteiger partial charge in [0.25, 0.3) is 5.91 Å². The van der Waals surface area contributed by atoms with Crippen molar-refractivity contribution in [2.45, 2.75) is 24.0 Å². The van der Waals surface area contributed by atoms with E-state index in [-0.39, 0.29) is 23.4 Å². The molecule has 2 amide bonds. The molecule has 0 aliphatic carbocycles. The Labute approximate surface area is 244 Å². The topological polar surface area (TPSA) is 84.5 Å². The molecule has 4 rings (SSSR count). The number of hydrogen-bond donors (Lipinski definition) is 2. The standard InChI is InChI=1S/C29H24Cl2N2O4S2/c1-3-37-29(36)25-23(18-8-5-4-6-9-18)16-38-28(25)33-26(34)17(2)39-21-11-7-10-20(15-21)32-27(35)22-13-12-19(30)14-24(22)31/h4-17H,3H2,1-2H3,(H,32,35)(H,33,34). The number of thiophene rings is 1. The van der Waals surface area contributed by atoms with Crippen molar-refractivity contribution in [3.8, 4) is 11.1 Å². The van der Waals surface area contributed by atoms with Gasteiger partial charge >= 0.3 is 5.97 Å². The van der Waals surface area contributed by atoms with E-state index in [0.29, 0.717) is 32.4 Å². The van der Waals surface area contributed by atoms with Crippen LogP contribution in [-0.4, -0.2) is 29.6 Å². The molecule has 0 saturated heterocycles. The highest BCUT2D eigenvalue weighted by Gasteiger charge is 2.24. The predicted octanol–water partition coefficient (Wildman–Crippen LogP) is 8.27. The Morgan fingerprint density at radius 2 is 1.74 bits per heavy atom. The molecule has 1 aromatic heterocycles. The minimum absolute atomic E-state index is 0.222. The third-order valence-corrected chi connectivity index (χ3v) is 8.08. The maximum Gasteiger partial charge on any atom is 0.341 e. The second kappa shape index (κ2) is 13.2. The summed E-state index contributed by atoms with van der Waals surface area (Å²) in [4.78, 5) is 39.4. The Morgan fingerprint density at radius 3 is 2.46 bits per heavy atom. The van der Waals surface area contributed by atoms with Crippen molar-refractivity contribution in [3.05, 3.63) is 99.3 Å². The molecule has 3 aromatic carbocycles. The molecular weight excluding hydrogens is 575 g/mol. The molecule has 0 radical (unpaired) electrons. The number of rotatable bonds is 9. The summed E-state index contributed by atoms with van der Waals surface area (Å²) in [6.07, 6.45) is 0. The summed E-state index contributed by atoms with van der Waals surface area (Å²) in [5.41, 5.74) is 2.76. The van der Waals surface area contributed by atoms with E-state index in [1.165, 1.54) is 29.2 Å². The zero-order chi connectivity index (χ0) is 27.9. The van der Waals surface area contributed by atoms with Crippen molar-refractivity contribution in [1.82, 2.24) is 0 Å². The largest absolute Gasteiger partial charge is 0.462 e. The molecule has 39 heavy (non-hydrogen) atoms. The van der Waals surface area contributed by atoms with Crippen LogP contribution in [0.4, 0.5) is 10.7 Å². The number of nitrogens with one attached hydrogen (secondary N) is 2. The van der Waals surface area contributed by atoms with Crippen molar-refractivity contribution >= 4 is 74.8 Å². The monoisotopic (exact) mass is 598 g/mol. The Bertz CT molecular complexity index is 1510. The summed E-state index contributed by atoms with van der Waals surface area (Å²) in [7, 11) is 0. The van der Waals surface area contributed by atoms with Crippen LogP contribution < -0.4 is 10.6 Å². The molecule has 0 aliphatic heterocycles. The molecule has 200 valence electrons. The fraction of sp³-hybridized carbons (Fsp3) is 0.138. The van der Waals surface area contributed by atoms with Crippen molar-refractivity contribution < 1.29 is 19.1 Å². The zero-order valence-corrected chi connectivity index (χ0v) is 24.1. The molecule has 0 aliphatic rings. The molecule has 2 N–H and O–H groups in total. The van der Waals surface area contributed by atoms with Crippen molar-refractivity contribution in [2.75, 3.05) is 17.2 Å². The summed E-state index contributed by atoms with van der Waals surface area (Å²) < 4.78 is 5.28. The number of anilines is 2. The highest BCUT2D eigenvalue weighted by Crippen LogP contribution is 2.37. The Hall–Kier alpha value is -3.30. The molecule has 0 bridgehead atoms. The van der Waals surface area contributed by atoms with Crippen LogP contribution in [-0.2, 0) is 9.53 Å². The summed E-state index contributed by atoms with van der Waals surface area (Å²) in [6.45, 7) is 3.73. The van der Waals surface area contributed by atoms with E-state index in [2.05, 4.69) is 10.6 Å². The van der Waals surface area contributed by atoms with Gasteiger partial charge in [0.05, 0.1) is 22.4 Å². The number of thioether (sulfide) groups is 1. The number of esters is 1. The van der Waals surface area contributed by atoms with Gasteiger partial charge in [-0.3, -0.25) is 9.59 Å². The normalized spacial score (nSPS) is 11.5. The molecule has 1 atom stereocenters. The second-order valence-electron chi connectivity index (χ2n) is 8.30. The lowest BCUT2D eigenvalue weighted by Gasteiger charge is -2.14. The highest BCUT2D eigenvalue weighted by molar-refractivity contribution is 8.00. The van der Waals surface area contributed by atoms with Gasteiger partial charge in [0.1, 0.15) is 10.6 Å². The van der Waals surface area contributed by atoms with Gasteiger partial charge in [-0.1, -0.05) is 59.6 Å². The van der Waals surface area contributed by atoms with Gasteiger partial charge in [-0.05, 0) is 55.8 Å². The summed E-state index contributed by atoms with van der Waals surface area (Å²) in [5, 5.41) is 8.19. The van der Waals surface area contributed by atoms with Gasteiger partial charge in [-0.25, -0.2) is 4.79 Å². The maximum absolute atomic E-state index is 13.1. The van der Waals surface area contributed by atoms with Crippen molar-refractivity contribution in [3.63, 3.8) is 0 Å². The highest BCUT2D eigenvalue weighted by atomic mass is 35.5. The van der Waals surface area contributed by atoms with Gasteiger partial charge in [-0.2, -0.15) is 0 Å². The average molecular weight is 600 g/mol. The van der Waals surface area contributed by atoms with Crippen LogP contribution in [0.5, 0.6) is 0 Å². The number of carbonyl (C=O) groups is 3. The number of benzene rings is 3. The average Bonchev–Trinajstić information content (AvgIpc) is 3.33. The van der Waals surface area contributed by atoms with Crippen LogP contribution in [0, 0.1) is 0 Å². The van der Waals surface area contributed by atoms with Crippen LogP contribution in [0.2, 0.25) is 10.0 Å². The minimum Gasteiger partial charge on any atom is -0.462 e. The molecule has 4 aromatic rings. The van der Waals surface area contributed by atoms with Gasteiger partial charge in [0.15, 0.2) is 0 Å². The first-order valence-corrected chi connectivity index (χ1v) is 14.5. The van der Waals surface area contributed by atoms with Crippen LogP contribution in [0.15, 0.2) is 83.1 Å². The fourth-order valence-electron chi connectivity index (χ4n) is 3.68. The van der Waals surface area contributed by atoms with E-state index in [4.69, 9.17) is 27.9 Å². The van der Waals surface area contributed by atoms with Crippen LogP contribution in [0.25, 0.3) is 11.1 Å². The van der Waals surface area contributed by atoms with Gasteiger partial charge in [-0.15, -0.1) is 23.1 Å². The molecule has 0 spiro atoms. The zero-order valence-electron chi connectivity index (χ0n) is 21.0. The summed E-state index contributed by atoms with van der Waals surface area (Å²) >= 11 is 14.7. The molecule has 0 fully saturated rings. The third-order valence-electron chi connectivity index (χ3n) is 5.54. The lowest BCUT2D eigenvalue weighted by molar-refractivity contribution is -0.115. The molecule has 10 heteroatoms. The molecular formula is C29H24Cl2N2O4S2. The summed E-state index contributed by atoms with van der Waals surface area (Å²) in [6, 6.07) is 21.3. The molecule has 1 unspecified atom stereocenters. The molecule has 0 saturated carbocycles. The maximum atomic E-state index is 13.1.